The second-order valence-electron chi connectivity index (χ2n) is 11.5. The summed E-state index contributed by atoms with van der Waals surface area (Å²) >= 11 is 6.22. The molecule has 0 aliphatic carbocycles. The lowest BCUT2D eigenvalue weighted by molar-refractivity contribution is -0.597. The van der Waals surface area contributed by atoms with Gasteiger partial charge in [-0.05, 0) is 141 Å². The Morgan fingerprint density at radius 2 is 0.900 bits per heavy atom. The van der Waals surface area contributed by atoms with Crippen LogP contribution in [0, 0.1) is 51.2 Å². The molecule has 0 aromatic heterocycles. The Balaban J connectivity index is 0.000000179. The fraction of sp³-hybridized carbons (Fsp3) is 0. The number of carbonyl (C=O) groups excluding carboxylic acids is 2. The molecule has 0 atom stereocenters. The van der Waals surface area contributed by atoms with Crippen LogP contribution in [0.25, 0.3) is 0 Å². The molecule has 0 saturated carbocycles. The number of hydrogen-bond donors (Lipinski definition) is 0. The van der Waals surface area contributed by atoms with Crippen molar-refractivity contribution in [2.75, 3.05) is 0 Å². The lowest BCUT2D eigenvalue weighted by atomic mass is 10.1. The summed E-state index contributed by atoms with van der Waals surface area (Å²) in [6.45, 7) is 0. The topological polar surface area (TPSA) is 123 Å². The van der Waals surface area contributed by atoms with Gasteiger partial charge < -0.3 is 19.8 Å². The SMILES string of the molecule is O=C([O-])c1c(F)c(F)c(F)c(F)c1[N+](=O)[O-].O=C([O-])c1cc(I)cc(I)c1I.c1ccc([I+]c2ccccc2)cc1.c1ccc([S+](c2ccccc2)c2ccccc2)cc1. The number of benzene rings is 7. The maximum absolute atomic E-state index is 12.8. The van der Waals surface area contributed by atoms with Crippen LogP contribution in [-0.4, -0.2) is 16.9 Å². The van der Waals surface area contributed by atoms with E-state index in [1.54, 1.807) is 6.07 Å². The van der Waals surface area contributed by atoms with Crippen LogP contribution in [0.4, 0.5) is 23.2 Å². The summed E-state index contributed by atoms with van der Waals surface area (Å²) in [6, 6.07) is 57.1. The molecule has 60 heavy (non-hydrogen) atoms. The molecule has 7 rings (SSSR count). The number of aromatic carboxylic acids is 2. The third-order valence-corrected chi connectivity index (χ3v) is 16.0. The molecular formula is C44H27F4I4NO6S. The minimum atomic E-state index is -2.53. The molecule has 0 aliphatic heterocycles. The van der Waals surface area contributed by atoms with Crippen molar-refractivity contribution in [3.05, 3.63) is 226 Å². The van der Waals surface area contributed by atoms with Gasteiger partial charge in [-0.2, -0.15) is 4.39 Å². The summed E-state index contributed by atoms with van der Waals surface area (Å²) in [5.74, 6) is -13.3. The highest BCUT2D eigenvalue weighted by Gasteiger charge is 2.33. The zero-order valence-electron chi connectivity index (χ0n) is 30.4. The van der Waals surface area contributed by atoms with E-state index in [-0.39, 0.29) is 37.7 Å². The first-order chi connectivity index (χ1) is 28.7. The Bertz CT molecular complexity index is 2360. The molecule has 7 nitrogen and oxygen atoms in total. The Kier molecular flexibility index (Phi) is 19.7. The summed E-state index contributed by atoms with van der Waals surface area (Å²) in [6.07, 6.45) is 0. The average Bonchev–Trinajstić information content (AvgIpc) is 3.25. The monoisotopic (exact) mass is 1280 g/mol. The molecule has 0 radical (unpaired) electrons. The van der Waals surface area contributed by atoms with Crippen LogP contribution in [0.2, 0.25) is 0 Å². The quantitative estimate of drug-likeness (QED) is 0.0308. The van der Waals surface area contributed by atoms with Crippen LogP contribution in [0.1, 0.15) is 20.7 Å². The van der Waals surface area contributed by atoms with Crippen molar-refractivity contribution in [3.63, 3.8) is 0 Å². The van der Waals surface area contributed by atoms with Crippen molar-refractivity contribution in [2.24, 2.45) is 0 Å². The largest absolute Gasteiger partial charge is 0.545 e. The maximum atomic E-state index is 12.8. The highest BCUT2D eigenvalue weighted by molar-refractivity contribution is 14.1. The van der Waals surface area contributed by atoms with Crippen molar-refractivity contribution < 1.29 is 63.5 Å². The first-order valence-corrected chi connectivity index (χ1v) is 23.5. The molecule has 0 heterocycles. The predicted molar refractivity (Wildman–Crippen MR) is 238 cm³/mol. The number of halogens is 8. The van der Waals surface area contributed by atoms with Gasteiger partial charge in [0, 0.05) is 16.3 Å². The number of nitro benzene ring substituents is 1. The Hall–Kier alpha value is -4.13. The van der Waals surface area contributed by atoms with Gasteiger partial charge in [0.15, 0.2) is 33.5 Å². The molecule has 0 N–H and O–H groups in total. The van der Waals surface area contributed by atoms with Gasteiger partial charge in [0.05, 0.1) is 27.8 Å². The van der Waals surface area contributed by atoms with Crippen molar-refractivity contribution in [1.82, 2.24) is 0 Å². The first kappa shape index (κ1) is 48.5. The van der Waals surface area contributed by atoms with Crippen LogP contribution in [0.15, 0.2) is 178 Å². The van der Waals surface area contributed by atoms with Gasteiger partial charge in [0.25, 0.3) is 0 Å². The maximum Gasteiger partial charge on any atom is 0.357 e. The van der Waals surface area contributed by atoms with E-state index < -0.39 is 51.4 Å². The predicted octanol–water partition coefficient (Wildman–Crippen LogP) is 6.98. The fourth-order valence-corrected chi connectivity index (χ4v) is 11.6. The molecule has 0 spiro atoms. The van der Waals surface area contributed by atoms with Crippen LogP contribution >= 0.6 is 67.8 Å². The number of carbonyl (C=O) groups is 2. The summed E-state index contributed by atoms with van der Waals surface area (Å²) in [4.78, 5) is 33.4. The normalized spacial score (nSPS) is 10.2. The molecule has 306 valence electrons. The summed E-state index contributed by atoms with van der Waals surface area (Å²) in [5, 5.41) is 31.0. The van der Waals surface area contributed by atoms with Gasteiger partial charge >= 0.3 is 26.9 Å². The number of carboxylic acid groups (broad SMARTS) is 2. The number of carboxylic acids is 2. The molecule has 0 fully saturated rings. The lowest BCUT2D eigenvalue weighted by Gasteiger charge is -2.07. The lowest BCUT2D eigenvalue weighted by Crippen LogP contribution is -3.61. The van der Waals surface area contributed by atoms with E-state index >= 15 is 0 Å². The fourth-order valence-electron chi connectivity index (χ4n) is 4.84. The Morgan fingerprint density at radius 3 is 1.25 bits per heavy atom. The Morgan fingerprint density at radius 1 is 0.533 bits per heavy atom. The van der Waals surface area contributed by atoms with Crippen LogP contribution in [0.5, 0.6) is 0 Å². The van der Waals surface area contributed by atoms with E-state index in [2.05, 4.69) is 197 Å². The third-order valence-electron chi connectivity index (χ3n) is 7.46. The van der Waals surface area contributed by atoms with Gasteiger partial charge in [0.1, 0.15) is 5.56 Å². The molecule has 0 saturated heterocycles. The van der Waals surface area contributed by atoms with Crippen molar-refractivity contribution >= 4 is 96.3 Å². The van der Waals surface area contributed by atoms with E-state index in [9.17, 15) is 47.5 Å². The van der Waals surface area contributed by atoms with E-state index in [0.717, 1.165) is 10.7 Å². The molecule has 0 bridgehead atoms. The van der Waals surface area contributed by atoms with Gasteiger partial charge in [0.2, 0.25) is 11.6 Å². The van der Waals surface area contributed by atoms with Gasteiger partial charge in [-0.15, -0.1) is 0 Å². The summed E-state index contributed by atoms with van der Waals surface area (Å²) < 4.78 is 56.3. The van der Waals surface area contributed by atoms with Gasteiger partial charge in [-0.1, -0.05) is 91.0 Å². The minimum Gasteiger partial charge on any atom is -0.545 e. The summed E-state index contributed by atoms with van der Waals surface area (Å²) in [5.41, 5.74) is -3.72. The van der Waals surface area contributed by atoms with E-state index in [0.29, 0.717) is 0 Å². The third kappa shape index (κ3) is 14.0. The second-order valence-corrected chi connectivity index (χ2v) is 20.0. The second kappa shape index (κ2) is 24.3. The van der Waals surface area contributed by atoms with Gasteiger partial charge in [-0.25, -0.2) is 13.2 Å². The zero-order chi connectivity index (χ0) is 43.8. The van der Waals surface area contributed by atoms with Crippen molar-refractivity contribution in [2.45, 2.75) is 14.7 Å². The highest BCUT2D eigenvalue weighted by Crippen LogP contribution is 2.31. The molecule has 16 heteroatoms. The van der Waals surface area contributed by atoms with Crippen molar-refractivity contribution in [1.29, 1.82) is 0 Å². The standard InChI is InChI=1S/C18H15S.C12H10I.C7HF4NO4.C7H3I3O2/c1-4-10-16(11-5-1)19(17-12-6-2-7-13-17)18-14-8-3-9-15-18;1-3-7-11(8-4-1)13-12-9-5-2-6-10-12;8-2-1(7(13)14)6(12(15)16)5(11)4(10)3(2)9;8-3-1-4(7(11)12)6(10)5(9)2-3/h1-15H;1-10H;(H,13,14);1-2H,(H,11,12)/q2*+1;;/p-2. The highest BCUT2D eigenvalue weighted by atomic mass is 127. The minimum absolute atomic E-state index is 0.0146. The molecule has 0 amide bonds. The first-order valence-electron chi connectivity index (χ1n) is 16.9. The van der Waals surface area contributed by atoms with Crippen LogP contribution in [-0.2, 0) is 10.9 Å². The number of hydrogen-bond acceptors (Lipinski definition) is 6. The van der Waals surface area contributed by atoms with Gasteiger partial charge in [-0.3, -0.25) is 10.1 Å². The molecule has 0 aliphatic rings. The van der Waals surface area contributed by atoms with Crippen LogP contribution < -0.4 is 31.4 Å². The number of nitro groups is 1. The van der Waals surface area contributed by atoms with E-state index in [1.807, 2.05) is 28.7 Å². The van der Waals surface area contributed by atoms with Crippen LogP contribution in [0.3, 0.4) is 0 Å². The molecule has 7 aromatic rings. The number of rotatable bonds is 8. The number of nitrogens with zero attached hydrogens (tertiary/aromatic N) is 1. The molecule has 0 unspecified atom stereocenters. The average molecular weight is 1280 g/mol. The molecular weight excluding hydrogens is 1250 g/mol. The zero-order valence-corrected chi connectivity index (χ0v) is 39.9. The van der Waals surface area contributed by atoms with E-state index in [1.165, 1.54) is 21.8 Å². The van der Waals surface area contributed by atoms with Crippen molar-refractivity contribution in [3.8, 4) is 0 Å². The summed E-state index contributed by atoms with van der Waals surface area (Å²) in [7, 11) is -0.0146. The van der Waals surface area contributed by atoms with E-state index in [4.69, 9.17) is 0 Å². The smallest absolute Gasteiger partial charge is 0.357 e. The Labute approximate surface area is 396 Å². The molecule has 7 aromatic carbocycles.